The second-order valence-corrected chi connectivity index (χ2v) is 25.8. The largest absolute Gasteiger partial charge is 0.351 e. The molecule has 0 amide bonds. The Hall–Kier alpha value is -11.5. The number of hydrogen-bond acceptors (Lipinski definition) is 3. The predicted octanol–water partition coefficient (Wildman–Crippen LogP) is 27.3. The number of rotatable bonds is 11. The van der Waals surface area contributed by atoms with Crippen molar-refractivity contribution in [2.45, 2.75) is 0 Å². The molecular formula is C86H50Br2F9N3. The Bertz CT molecular complexity index is 5560. The van der Waals surface area contributed by atoms with Crippen LogP contribution >= 0.6 is 31.9 Å². The summed E-state index contributed by atoms with van der Waals surface area (Å²) >= 11 is 7.16. The van der Waals surface area contributed by atoms with Crippen LogP contribution in [0.4, 0.5) is 85.0 Å². The fourth-order valence-electron chi connectivity index (χ4n) is 13.1. The first-order chi connectivity index (χ1) is 48.5. The van der Waals surface area contributed by atoms with Gasteiger partial charge in [0.15, 0.2) is 0 Å². The van der Waals surface area contributed by atoms with Gasteiger partial charge in [0.25, 0.3) is 0 Å². The molecule has 1 N–H and O–H groups in total. The first-order valence-corrected chi connectivity index (χ1v) is 33.2. The molecule has 0 aromatic heterocycles. The van der Waals surface area contributed by atoms with Gasteiger partial charge < -0.3 is 15.1 Å². The van der Waals surface area contributed by atoms with Crippen molar-refractivity contribution < 1.29 is 39.5 Å². The van der Waals surface area contributed by atoms with Gasteiger partial charge in [0.05, 0.1) is 34.1 Å². The minimum absolute atomic E-state index is 0.0706. The molecule has 14 heteroatoms. The van der Waals surface area contributed by atoms with Crippen molar-refractivity contribution in [1.82, 2.24) is 0 Å². The van der Waals surface area contributed by atoms with E-state index in [0.717, 1.165) is 41.3 Å². The number of anilines is 8. The van der Waals surface area contributed by atoms with Crippen LogP contribution in [0.15, 0.2) is 306 Å². The van der Waals surface area contributed by atoms with Crippen molar-refractivity contribution in [3.63, 3.8) is 0 Å². The minimum Gasteiger partial charge on any atom is -0.351 e. The van der Waals surface area contributed by atoms with Crippen molar-refractivity contribution in [3.05, 3.63) is 359 Å². The lowest BCUT2D eigenvalue weighted by atomic mass is 9.92. The SMILES string of the molecule is Brc1cc2ccc3cc(Br)cc4ccc(c1)c2c34.Fc1cccc(-c2ccc(F)c(N(c3cc4ccc5cc(N(c6ccccc6F)c6cc(-c7cccc(F)c7)ccc6F)cc6ccc(c3)c4c56)c3ccccc3F)c2)c1.Fc1cccc(-c2ccc(F)c(Nc3ccccc3F)c2)c1. The molecule has 0 fully saturated rings. The van der Waals surface area contributed by atoms with Crippen molar-refractivity contribution in [2.75, 3.05) is 15.1 Å². The summed E-state index contributed by atoms with van der Waals surface area (Å²) in [6.45, 7) is 0. The van der Waals surface area contributed by atoms with Gasteiger partial charge in [-0.3, -0.25) is 0 Å². The third kappa shape index (κ3) is 12.8. The Morgan fingerprint density at radius 1 is 0.220 bits per heavy atom. The molecule has 0 bridgehead atoms. The van der Waals surface area contributed by atoms with Gasteiger partial charge in [-0.2, -0.15) is 0 Å². The van der Waals surface area contributed by atoms with Gasteiger partial charge in [0, 0.05) is 20.3 Å². The molecule has 3 nitrogen and oxygen atoms in total. The van der Waals surface area contributed by atoms with Gasteiger partial charge >= 0.3 is 0 Å². The van der Waals surface area contributed by atoms with E-state index in [0.29, 0.717) is 44.8 Å². The van der Waals surface area contributed by atoms with Crippen LogP contribution in [0.3, 0.4) is 0 Å². The molecule has 0 atom stereocenters. The third-order valence-electron chi connectivity index (χ3n) is 17.6. The van der Waals surface area contributed by atoms with Crippen LogP contribution in [-0.2, 0) is 0 Å². The van der Waals surface area contributed by atoms with E-state index in [9.17, 15) is 22.0 Å². The highest BCUT2D eigenvalue weighted by Crippen LogP contribution is 2.48. The molecule has 0 unspecified atom stereocenters. The molecule has 17 aromatic carbocycles. The van der Waals surface area contributed by atoms with Crippen LogP contribution in [0.1, 0.15) is 0 Å². The van der Waals surface area contributed by atoms with Crippen LogP contribution in [0.2, 0.25) is 0 Å². The van der Waals surface area contributed by atoms with E-state index in [1.165, 1.54) is 127 Å². The highest BCUT2D eigenvalue weighted by Gasteiger charge is 2.26. The Labute approximate surface area is 584 Å². The number of nitrogens with one attached hydrogen (secondary N) is 1. The second kappa shape index (κ2) is 27.1. The molecule has 0 saturated carbocycles. The lowest BCUT2D eigenvalue weighted by Crippen LogP contribution is -2.14. The molecular weight excluding hydrogens is 1410 g/mol. The average molecular weight is 1460 g/mol. The van der Waals surface area contributed by atoms with Gasteiger partial charge in [0.1, 0.15) is 52.4 Å². The van der Waals surface area contributed by atoms with Gasteiger partial charge in [0.2, 0.25) is 0 Å². The third-order valence-corrected chi connectivity index (χ3v) is 18.5. The lowest BCUT2D eigenvalue weighted by molar-refractivity contribution is 0.619. The fourth-order valence-corrected chi connectivity index (χ4v) is 14.1. The number of para-hydroxylation sites is 3. The maximum absolute atomic E-state index is 16.0. The fraction of sp³-hybridized carbons (Fsp3) is 0. The van der Waals surface area contributed by atoms with Gasteiger partial charge in [-0.05, 0) is 256 Å². The highest BCUT2D eigenvalue weighted by molar-refractivity contribution is 9.10. The van der Waals surface area contributed by atoms with E-state index in [4.69, 9.17) is 0 Å². The van der Waals surface area contributed by atoms with Crippen molar-refractivity contribution in [2.24, 2.45) is 0 Å². The van der Waals surface area contributed by atoms with E-state index in [1.807, 2.05) is 48.5 Å². The van der Waals surface area contributed by atoms with E-state index >= 15 is 17.6 Å². The molecule has 100 heavy (non-hydrogen) atoms. The maximum Gasteiger partial charge on any atom is 0.147 e. The standard InChI is InChI=1S/C52H30F6N2.C18H12F3N.C16H8Br2/c53-39-9-5-7-31(23-39)33-19-21-45(57)49(29-33)59(47-13-3-1-11-43(47)55)41-25-35-15-17-37-27-42(28-38-18-16-36(26-41)51(35)52(37)38)60(48-14-4-2-12-44(48)56)50-30-34(20-22-46(50)58)32-8-6-10-40(54)24-32;19-14-5-3-4-12(10-14)13-8-9-16(21)18(11-13)22-17-7-2-1-6-15(17)20;17-13-5-9-1-2-10-6-14(18)8-12-4-3-11(7-13)15(9)16(10)12/h1-30H;1-11,22H;1-8H. The van der Waals surface area contributed by atoms with Crippen LogP contribution in [0, 0.1) is 52.4 Å². The lowest BCUT2D eigenvalue weighted by Gasteiger charge is -2.28. The maximum atomic E-state index is 16.0. The summed E-state index contributed by atoms with van der Waals surface area (Å²) in [5.74, 6) is -4.57. The Morgan fingerprint density at radius 3 is 0.860 bits per heavy atom. The minimum atomic E-state index is -0.603. The molecule has 0 heterocycles. The molecule has 0 spiro atoms. The molecule has 0 radical (unpaired) electrons. The van der Waals surface area contributed by atoms with Crippen LogP contribution in [-0.4, -0.2) is 0 Å². The molecule has 0 aliphatic rings. The first kappa shape index (κ1) is 64.5. The molecule has 17 rings (SSSR count). The van der Waals surface area contributed by atoms with Gasteiger partial charge in [-0.15, -0.1) is 0 Å². The average Bonchev–Trinajstić information content (AvgIpc) is 0.735. The summed E-state index contributed by atoms with van der Waals surface area (Å²) in [4.78, 5) is 3.05. The summed E-state index contributed by atoms with van der Waals surface area (Å²) in [5.41, 5.74) is 5.09. The number of halogens is 11. The molecule has 0 aliphatic carbocycles. The molecule has 0 aliphatic heterocycles. The zero-order valence-corrected chi connectivity index (χ0v) is 55.5. The summed E-state index contributed by atoms with van der Waals surface area (Å²) in [6, 6.07) is 82.1. The zero-order chi connectivity index (χ0) is 68.9. The van der Waals surface area contributed by atoms with Crippen molar-refractivity contribution >= 4 is 142 Å². The smallest absolute Gasteiger partial charge is 0.147 e. The topological polar surface area (TPSA) is 18.5 Å². The van der Waals surface area contributed by atoms with E-state index in [2.05, 4.69) is 85.7 Å². The number of nitrogens with zero attached hydrogens (tertiary/aromatic N) is 2. The predicted molar refractivity (Wildman–Crippen MR) is 397 cm³/mol. The second-order valence-electron chi connectivity index (χ2n) is 24.0. The quantitative estimate of drug-likeness (QED) is 0.103. The summed E-state index contributed by atoms with van der Waals surface area (Å²) < 4.78 is 135. The zero-order valence-electron chi connectivity index (χ0n) is 52.3. The van der Waals surface area contributed by atoms with Crippen molar-refractivity contribution in [1.29, 1.82) is 0 Å². The van der Waals surface area contributed by atoms with E-state index in [1.54, 1.807) is 115 Å². The summed E-state index contributed by atoms with van der Waals surface area (Å²) in [5, 5.41) is 15.5. The first-order valence-electron chi connectivity index (χ1n) is 31.6. The monoisotopic (exact) mass is 1450 g/mol. The molecule has 486 valence electrons. The van der Waals surface area contributed by atoms with E-state index in [-0.39, 0.29) is 39.9 Å². The molecule has 17 aromatic rings. The van der Waals surface area contributed by atoms with Gasteiger partial charge in [-0.1, -0.05) is 171 Å². The summed E-state index contributed by atoms with van der Waals surface area (Å²) in [6.07, 6.45) is 0. The van der Waals surface area contributed by atoms with Crippen LogP contribution in [0.5, 0.6) is 0 Å². The van der Waals surface area contributed by atoms with Crippen molar-refractivity contribution in [3.8, 4) is 33.4 Å². The molecule has 0 saturated heterocycles. The summed E-state index contributed by atoms with van der Waals surface area (Å²) in [7, 11) is 0. The number of hydrogen-bond donors (Lipinski definition) is 1. The van der Waals surface area contributed by atoms with Crippen LogP contribution in [0.25, 0.3) is 98.0 Å². The normalized spacial score (nSPS) is 11.3. The van der Waals surface area contributed by atoms with Crippen LogP contribution < -0.4 is 15.1 Å². The van der Waals surface area contributed by atoms with E-state index < -0.39 is 46.5 Å². The highest BCUT2D eigenvalue weighted by atomic mass is 79.9. The Balaban J connectivity index is 0.000000163. The number of benzene rings is 17. The Kier molecular flexibility index (Phi) is 17.5. The van der Waals surface area contributed by atoms with Gasteiger partial charge in [-0.25, -0.2) is 39.5 Å². The Morgan fingerprint density at radius 2 is 0.510 bits per heavy atom.